The van der Waals surface area contributed by atoms with E-state index in [0.29, 0.717) is 18.0 Å². The lowest BCUT2D eigenvalue weighted by molar-refractivity contribution is 0.115. The van der Waals surface area contributed by atoms with E-state index < -0.39 is 0 Å². The van der Waals surface area contributed by atoms with Gasteiger partial charge in [-0.15, -0.1) is 0 Å². The number of benzene rings is 1. The molecule has 1 saturated heterocycles. The molecule has 1 aromatic rings. The molecule has 0 aliphatic carbocycles. The van der Waals surface area contributed by atoms with Gasteiger partial charge in [-0.25, -0.2) is 0 Å². The minimum absolute atomic E-state index is 0.538. The molecule has 1 N–H and O–H groups in total. The molecular formula is C17H25ClN2O. The number of nitrogens with zero attached hydrogens (tertiary/aromatic N) is 1. The highest BCUT2D eigenvalue weighted by Gasteiger charge is 2.28. The van der Waals surface area contributed by atoms with Crippen molar-refractivity contribution in [2.24, 2.45) is 5.92 Å². The minimum Gasteiger partial charge on any atom is -0.493 e. The molecule has 116 valence electrons. The molecule has 21 heavy (non-hydrogen) atoms. The zero-order valence-electron chi connectivity index (χ0n) is 13.2. The van der Waals surface area contributed by atoms with Crippen molar-refractivity contribution in [2.75, 3.05) is 19.7 Å². The third-order valence-corrected chi connectivity index (χ3v) is 4.95. The van der Waals surface area contributed by atoms with E-state index in [1.54, 1.807) is 0 Å². The van der Waals surface area contributed by atoms with Gasteiger partial charge in [-0.3, -0.25) is 4.90 Å². The van der Waals surface area contributed by atoms with Crippen molar-refractivity contribution in [3.8, 4) is 5.75 Å². The van der Waals surface area contributed by atoms with Crippen molar-refractivity contribution in [3.63, 3.8) is 0 Å². The van der Waals surface area contributed by atoms with Gasteiger partial charge in [-0.2, -0.15) is 0 Å². The lowest BCUT2D eigenvalue weighted by Gasteiger charge is -2.40. The summed E-state index contributed by atoms with van der Waals surface area (Å²) < 4.78 is 5.83. The fourth-order valence-electron chi connectivity index (χ4n) is 3.30. The predicted octanol–water partition coefficient (Wildman–Crippen LogP) is 3.09. The molecule has 2 aliphatic rings. The smallest absolute Gasteiger partial charge is 0.127 e. The number of fused-ring (bicyclic) bond motifs is 1. The summed E-state index contributed by atoms with van der Waals surface area (Å²) in [5, 5.41) is 4.48. The molecule has 0 radical (unpaired) electrons. The van der Waals surface area contributed by atoms with Crippen LogP contribution in [0.25, 0.3) is 0 Å². The van der Waals surface area contributed by atoms with Crippen molar-refractivity contribution in [1.82, 2.24) is 10.2 Å². The number of piperazine rings is 1. The van der Waals surface area contributed by atoms with E-state index in [0.717, 1.165) is 43.4 Å². The molecule has 2 heterocycles. The molecule has 4 heteroatoms. The van der Waals surface area contributed by atoms with Crippen LogP contribution in [0.2, 0.25) is 5.02 Å². The summed E-state index contributed by atoms with van der Waals surface area (Å²) in [7, 11) is 0. The summed E-state index contributed by atoms with van der Waals surface area (Å²) in [6.07, 6.45) is 0.981. The fraction of sp³-hybridized carbons (Fsp3) is 0.647. The molecule has 0 amide bonds. The van der Waals surface area contributed by atoms with Crippen LogP contribution in [0, 0.1) is 5.92 Å². The Morgan fingerprint density at radius 2 is 2.24 bits per heavy atom. The van der Waals surface area contributed by atoms with E-state index in [2.05, 4.69) is 37.1 Å². The average molecular weight is 309 g/mol. The fourth-order valence-corrected chi connectivity index (χ4v) is 3.56. The van der Waals surface area contributed by atoms with Gasteiger partial charge in [0, 0.05) is 48.7 Å². The normalized spacial score (nSPS) is 26.0. The highest BCUT2D eigenvalue weighted by atomic mass is 35.5. The number of hydrogen-bond acceptors (Lipinski definition) is 3. The maximum Gasteiger partial charge on any atom is 0.127 e. The zero-order valence-corrected chi connectivity index (χ0v) is 13.9. The van der Waals surface area contributed by atoms with Crippen LogP contribution < -0.4 is 10.1 Å². The van der Waals surface area contributed by atoms with Gasteiger partial charge in [0.25, 0.3) is 0 Å². The van der Waals surface area contributed by atoms with Crippen molar-refractivity contribution < 1.29 is 4.74 Å². The number of nitrogens with one attached hydrogen (secondary N) is 1. The maximum atomic E-state index is 6.28. The quantitative estimate of drug-likeness (QED) is 0.928. The molecule has 3 rings (SSSR count). The van der Waals surface area contributed by atoms with Crippen molar-refractivity contribution in [2.45, 2.75) is 45.8 Å². The number of halogens is 1. The van der Waals surface area contributed by atoms with Gasteiger partial charge in [-0.1, -0.05) is 25.4 Å². The minimum atomic E-state index is 0.538. The van der Waals surface area contributed by atoms with Crippen LogP contribution in [0.5, 0.6) is 5.75 Å². The van der Waals surface area contributed by atoms with Crippen molar-refractivity contribution in [1.29, 1.82) is 0 Å². The van der Waals surface area contributed by atoms with E-state index in [1.165, 1.54) is 11.1 Å². The first-order valence-corrected chi connectivity index (χ1v) is 8.34. The summed E-state index contributed by atoms with van der Waals surface area (Å²) in [5.41, 5.74) is 2.51. The molecule has 0 spiro atoms. The largest absolute Gasteiger partial charge is 0.493 e. The predicted molar refractivity (Wildman–Crippen MR) is 87.2 cm³/mol. The topological polar surface area (TPSA) is 24.5 Å². The molecule has 2 aliphatic heterocycles. The van der Waals surface area contributed by atoms with Crippen LogP contribution in [-0.4, -0.2) is 36.7 Å². The van der Waals surface area contributed by atoms with Gasteiger partial charge < -0.3 is 10.1 Å². The van der Waals surface area contributed by atoms with Gasteiger partial charge in [0.1, 0.15) is 5.75 Å². The summed E-state index contributed by atoms with van der Waals surface area (Å²) >= 11 is 6.28. The lowest BCUT2D eigenvalue weighted by Crippen LogP contribution is -2.56. The van der Waals surface area contributed by atoms with Gasteiger partial charge in [0.2, 0.25) is 0 Å². The molecule has 2 unspecified atom stereocenters. The Morgan fingerprint density at radius 3 is 3.00 bits per heavy atom. The monoisotopic (exact) mass is 308 g/mol. The van der Waals surface area contributed by atoms with E-state index in [4.69, 9.17) is 16.3 Å². The van der Waals surface area contributed by atoms with Crippen molar-refractivity contribution in [3.05, 3.63) is 28.3 Å². The third kappa shape index (κ3) is 3.20. The number of ether oxygens (including phenoxy) is 1. The van der Waals surface area contributed by atoms with Crippen LogP contribution in [0.4, 0.5) is 0 Å². The highest BCUT2D eigenvalue weighted by Crippen LogP contribution is 2.34. The van der Waals surface area contributed by atoms with Gasteiger partial charge in [-0.05, 0) is 30.5 Å². The molecule has 0 aromatic heterocycles. The van der Waals surface area contributed by atoms with Crippen LogP contribution in [0.15, 0.2) is 12.1 Å². The van der Waals surface area contributed by atoms with Crippen LogP contribution >= 0.6 is 11.6 Å². The third-order valence-electron chi connectivity index (χ3n) is 4.73. The SMILES string of the molecule is CC(C)C1CN(Cc2cc(Cl)cc3c2OCC3)C(C)CN1. The Labute approximate surface area is 132 Å². The molecule has 0 bridgehead atoms. The van der Waals surface area contributed by atoms with E-state index in [1.807, 2.05) is 6.07 Å². The molecule has 1 aromatic carbocycles. The number of rotatable bonds is 3. The first-order valence-electron chi connectivity index (χ1n) is 7.96. The van der Waals surface area contributed by atoms with Crippen molar-refractivity contribution >= 4 is 11.6 Å². The second kappa shape index (κ2) is 6.15. The first-order chi connectivity index (χ1) is 10.0. The molecule has 2 atom stereocenters. The Kier molecular flexibility index (Phi) is 4.43. The zero-order chi connectivity index (χ0) is 15.0. The average Bonchev–Trinajstić information content (AvgIpc) is 2.89. The van der Waals surface area contributed by atoms with E-state index in [-0.39, 0.29) is 0 Å². The maximum absolute atomic E-state index is 6.28. The Hall–Kier alpha value is -0.770. The van der Waals surface area contributed by atoms with Gasteiger partial charge in [0.15, 0.2) is 0 Å². The van der Waals surface area contributed by atoms with Gasteiger partial charge in [0.05, 0.1) is 6.61 Å². The van der Waals surface area contributed by atoms with Gasteiger partial charge >= 0.3 is 0 Å². The summed E-state index contributed by atoms with van der Waals surface area (Å²) in [6.45, 7) is 10.7. The molecular weight excluding hydrogens is 284 g/mol. The Balaban J connectivity index is 1.79. The second-order valence-corrected chi connectivity index (χ2v) is 7.13. The summed E-state index contributed by atoms with van der Waals surface area (Å²) in [4.78, 5) is 2.55. The Morgan fingerprint density at radius 1 is 1.43 bits per heavy atom. The van der Waals surface area contributed by atoms with Crippen LogP contribution in [-0.2, 0) is 13.0 Å². The highest BCUT2D eigenvalue weighted by molar-refractivity contribution is 6.30. The molecule has 1 fully saturated rings. The van der Waals surface area contributed by atoms with E-state index in [9.17, 15) is 0 Å². The summed E-state index contributed by atoms with van der Waals surface area (Å²) in [5.74, 6) is 1.73. The summed E-state index contributed by atoms with van der Waals surface area (Å²) in [6, 6.07) is 5.22. The second-order valence-electron chi connectivity index (χ2n) is 6.69. The first kappa shape index (κ1) is 15.1. The van der Waals surface area contributed by atoms with E-state index >= 15 is 0 Å². The molecule has 0 saturated carbocycles. The number of hydrogen-bond donors (Lipinski definition) is 1. The molecule has 3 nitrogen and oxygen atoms in total. The van der Waals surface area contributed by atoms with Crippen LogP contribution in [0.1, 0.15) is 31.9 Å². The standard InChI is InChI=1S/C17H25ClN2O/c1-11(2)16-10-20(12(3)8-19-16)9-14-7-15(18)6-13-4-5-21-17(13)14/h6-7,11-12,16,19H,4-5,8-10H2,1-3H3. The Bertz CT molecular complexity index is 518. The lowest BCUT2D eigenvalue weighted by atomic mass is 9.99. The van der Waals surface area contributed by atoms with Crippen LogP contribution in [0.3, 0.4) is 0 Å².